The highest BCUT2D eigenvalue weighted by atomic mass is 32.2. The van der Waals surface area contributed by atoms with E-state index in [2.05, 4.69) is 25.5 Å². The summed E-state index contributed by atoms with van der Waals surface area (Å²) in [6, 6.07) is 11.3. The molecule has 0 saturated heterocycles. The molecule has 0 spiro atoms. The number of aromatic nitrogens is 4. The lowest BCUT2D eigenvalue weighted by Crippen LogP contribution is -2.28. The molecule has 2 heterocycles. The Morgan fingerprint density at radius 1 is 1.03 bits per heavy atom. The summed E-state index contributed by atoms with van der Waals surface area (Å²) in [6.07, 6.45) is -2.51. The van der Waals surface area contributed by atoms with Gasteiger partial charge in [0, 0.05) is 11.6 Å². The predicted molar refractivity (Wildman–Crippen MR) is 133 cm³/mol. The van der Waals surface area contributed by atoms with Crippen molar-refractivity contribution >= 4 is 27.3 Å². The molecule has 0 bridgehead atoms. The van der Waals surface area contributed by atoms with Crippen molar-refractivity contribution < 1.29 is 30.7 Å². The topological polar surface area (TPSA) is 122 Å². The summed E-state index contributed by atoms with van der Waals surface area (Å²) >= 11 is 0. The second-order valence-corrected chi connectivity index (χ2v) is 10.1. The fraction of sp³-hybridized carbons (Fsp3) is 0.208. The minimum absolute atomic E-state index is 0.0430. The van der Waals surface area contributed by atoms with Crippen LogP contribution in [-0.2, 0) is 10.0 Å². The van der Waals surface area contributed by atoms with Gasteiger partial charge in [-0.3, -0.25) is 14.8 Å². The highest BCUT2D eigenvalue weighted by Gasteiger charge is 2.35. The van der Waals surface area contributed by atoms with Gasteiger partial charge in [-0.05, 0) is 43.7 Å². The normalized spacial score (nSPS) is 12.7. The summed E-state index contributed by atoms with van der Waals surface area (Å²) < 4.78 is 83.8. The van der Waals surface area contributed by atoms with Crippen molar-refractivity contribution in [1.82, 2.24) is 20.2 Å². The molecule has 1 atom stereocenters. The monoisotopic (exact) mass is 550 g/mol. The van der Waals surface area contributed by atoms with Crippen LogP contribution in [0.2, 0.25) is 0 Å². The number of aromatic amines is 1. The van der Waals surface area contributed by atoms with Crippen molar-refractivity contribution in [3.63, 3.8) is 0 Å². The average Bonchev–Trinajstić information content (AvgIpc) is 3.29. The zero-order valence-electron chi connectivity index (χ0n) is 20.0. The zero-order chi connectivity index (χ0) is 27.5. The smallest absolute Gasteiger partial charge is 0.404 e. The summed E-state index contributed by atoms with van der Waals surface area (Å²) in [6.45, 7) is 3.43. The Morgan fingerprint density at radius 2 is 1.76 bits per heavy atom. The number of hydrogen-bond donors (Lipinski definition) is 3. The van der Waals surface area contributed by atoms with Crippen molar-refractivity contribution in [2.24, 2.45) is 0 Å². The molecule has 2 aromatic heterocycles. The number of ether oxygens (including phenoxy) is 1. The molecule has 4 aromatic rings. The van der Waals surface area contributed by atoms with E-state index < -0.39 is 33.9 Å². The average molecular weight is 551 g/mol. The molecule has 14 heteroatoms. The van der Waals surface area contributed by atoms with Gasteiger partial charge in [0.25, 0.3) is 0 Å². The van der Waals surface area contributed by atoms with Crippen LogP contribution in [0.5, 0.6) is 5.75 Å². The first-order valence-corrected chi connectivity index (χ1v) is 12.8. The second kappa shape index (κ2) is 10.7. The summed E-state index contributed by atoms with van der Waals surface area (Å²) in [5.74, 6) is -1.69. The molecule has 0 fully saturated rings. The van der Waals surface area contributed by atoms with Crippen LogP contribution in [0.25, 0.3) is 11.3 Å². The Kier molecular flexibility index (Phi) is 7.53. The molecular formula is C24H22F4N6O3S. The molecular weight excluding hydrogens is 528 g/mol. The first kappa shape index (κ1) is 26.9. The van der Waals surface area contributed by atoms with E-state index in [1.165, 1.54) is 48.7 Å². The number of rotatable bonds is 9. The van der Waals surface area contributed by atoms with E-state index in [4.69, 9.17) is 4.74 Å². The van der Waals surface area contributed by atoms with Gasteiger partial charge >= 0.3 is 6.18 Å². The number of sulfonamides is 1. The van der Waals surface area contributed by atoms with Crippen molar-refractivity contribution in [3.8, 4) is 17.0 Å². The van der Waals surface area contributed by atoms with Crippen LogP contribution < -0.4 is 14.8 Å². The number of nitrogens with zero attached hydrogens (tertiary/aromatic N) is 3. The minimum Gasteiger partial charge on any atom is -0.484 e. The van der Waals surface area contributed by atoms with Crippen LogP contribution in [0.4, 0.5) is 34.9 Å². The quantitative estimate of drug-likeness (QED) is 0.235. The van der Waals surface area contributed by atoms with E-state index in [1.54, 1.807) is 26.1 Å². The minimum atomic E-state index is -4.94. The Morgan fingerprint density at radius 3 is 2.42 bits per heavy atom. The lowest BCUT2D eigenvalue weighted by molar-refractivity contribution is -0.106. The zero-order valence-corrected chi connectivity index (χ0v) is 20.9. The van der Waals surface area contributed by atoms with Gasteiger partial charge in [-0.15, -0.1) is 0 Å². The number of benzene rings is 2. The van der Waals surface area contributed by atoms with Gasteiger partial charge in [-0.1, -0.05) is 18.2 Å². The van der Waals surface area contributed by atoms with E-state index in [9.17, 15) is 26.0 Å². The van der Waals surface area contributed by atoms with Crippen LogP contribution in [0.1, 0.15) is 24.3 Å². The summed E-state index contributed by atoms with van der Waals surface area (Å²) in [5, 5.41) is 9.97. The Hall–Kier alpha value is -4.20. The molecule has 38 heavy (non-hydrogen) atoms. The SMILES string of the molecule is Cc1cnc(Nc2cc(-c3ccc(NS(=O)(=O)CC(F)(F)F)c(O[C@@H](C)c4ccc(F)cc4)c3)[nH]n2)cn1. The first-order chi connectivity index (χ1) is 17.9. The van der Waals surface area contributed by atoms with Gasteiger partial charge in [0.2, 0.25) is 10.0 Å². The number of aryl methyl sites for hydroxylation is 1. The molecule has 4 rings (SSSR count). The maximum absolute atomic E-state index is 13.3. The van der Waals surface area contributed by atoms with Crippen molar-refractivity contribution in [3.05, 3.63) is 78.0 Å². The number of alkyl halides is 3. The van der Waals surface area contributed by atoms with Crippen molar-refractivity contribution in [2.45, 2.75) is 26.1 Å². The van der Waals surface area contributed by atoms with Crippen LogP contribution in [-0.4, -0.2) is 40.5 Å². The van der Waals surface area contributed by atoms with Gasteiger partial charge in [-0.25, -0.2) is 17.8 Å². The third-order valence-corrected chi connectivity index (χ3v) is 6.41. The van der Waals surface area contributed by atoms with Gasteiger partial charge in [0.15, 0.2) is 11.6 Å². The maximum Gasteiger partial charge on any atom is 0.404 e. The molecule has 0 amide bonds. The molecule has 0 saturated carbocycles. The lowest BCUT2D eigenvalue weighted by atomic mass is 10.1. The predicted octanol–water partition coefficient (Wildman–Crippen LogP) is 5.50. The van der Waals surface area contributed by atoms with Crippen LogP contribution in [0, 0.1) is 12.7 Å². The number of hydrogen-bond acceptors (Lipinski definition) is 7. The van der Waals surface area contributed by atoms with Crippen molar-refractivity contribution in [1.29, 1.82) is 0 Å². The summed E-state index contributed by atoms with van der Waals surface area (Å²) in [5.41, 5.74) is 2.11. The molecule has 9 nitrogen and oxygen atoms in total. The highest BCUT2D eigenvalue weighted by Crippen LogP contribution is 2.35. The molecule has 3 N–H and O–H groups in total. The molecule has 0 aliphatic rings. The van der Waals surface area contributed by atoms with E-state index >= 15 is 0 Å². The molecule has 0 aliphatic carbocycles. The number of anilines is 3. The molecule has 2 aromatic carbocycles. The fourth-order valence-corrected chi connectivity index (χ4v) is 4.41. The maximum atomic E-state index is 13.3. The Bertz CT molecular complexity index is 1510. The third-order valence-electron chi connectivity index (χ3n) is 5.17. The number of halogens is 4. The largest absolute Gasteiger partial charge is 0.484 e. The Labute approximate surface area is 215 Å². The summed E-state index contributed by atoms with van der Waals surface area (Å²) in [7, 11) is -4.78. The molecule has 200 valence electrons. The van der Waals surface area contributed by atoms with E-state index in [-0.39, 0.29) is 11.4 Å². The highest BCUT2D eigenvalue weighted by molar-refractivity contribution is 7.92. The summed E-state index contributed by atoms with van der Waals surface area (Å²) in [4.78, 5) is 8.33. The standard InChI is InChI=1S/C24H22F4N6O3S/c1-14-11-30-23(12-29-14)31-22-10-20(32-33-22)17-5-8-19(34-38(35,36)13-24(26,27)28)21(9-17)37-15(2)16-3-6-18(25)7-4-16/h3-12,15,34H,13H2,1-2H3,(H2,30,31,32,33)/t15-/m0/s1. The molecule has 0 unspecified atom stereocenters. The van der Waals surface area contributed by atoms with E-state index in [0.717, 1.165) is 5.69 Å². The van der Waals surface area contributed by atoms with Crippen LogP contribution in [0.3, 0.4) is 0 Å². The second-order valence-electron chi connectivity index (χ2n) is 8.33. The van der Waals surface area contributed by atoms with E-state index in [0.29, 0.717) is 28.5 Å². The molecule has 0 aliphatic heterocycles. The third kappa shape index (κ3) is 7.18. The van der Waals surface area contributed by atoms with Crippen LogP contribution in [0.15, 0.2) is 60.9 Å². The van der Waals surface area contributed by atoms with Gasteiger partial charge in [-0.2, -0.15) is 18.3 Å². The Balaban J connectivity index is 1.63. The lowest BCUT2D eigenvalue weighted by Gasteiger charge is -2.20. The first-order valence-electron chi connectivity index (χ1n) is 11.1. The fourth-order valence-electron chi connectivity index (χ4n) is 3.41. The number of nitrogens with one attached hydrogen (secondary N) is 3. The van der Waals surface area contributed by atoms with E-state index in [1.807, 2.05) is 4.72 Å². The van der Waals surface area contributed by atoms with Gasteiger partial charge < -0.3 is 10.1 Å². The van der Waals surface area contributed by atoms with Gasteiger partial charge in [0.05, 0.1) is 29.5 Å². The number of H-pyrrole nitrogens is 1. The van der Waals surface area contributed by atoms with Crippen molar-refractivity contribution in [2.75, 3.05) is 15.8 Å². The van der Waals surface area contributed by atoms with Gasteiger partial charge in [0.1, 0.15) is 23.5 Å². The molecule has 0 radical (unpaired) electrons. The van der Waals surface area contributed by atoms with Crippen LogP contribution >= 0.6 is 0 Å².